The van der Waals surface area contributed by atoms with E-state index in [1.165, 1.54) is 0 Å². The number of anilines is 2. The number of nitrogens with two attached hydrogens (primary N) is 1. The number of nitrogens with one attached hydrogen (secondary N) is 1. The largest absolute Gasteiger partial charge is 0.363 e. The fourth-order valence-corrected chi connectivity index (χ4v) is 2.12. The number of likely N-dealkylation sites (N-methyl/N-ethyl adjacent to an activating group) is 1. The molecule has 1 amide bonds. The molecule has 2 rings (SSSR count). The summed E-state index contributed by atoms with van der Waals surface area (Å²) in [4.78, 5) is 14.3. The molecule has 0 saturated carbocycles. The van der Waals surface area contributed by atoms with E-state index >= 15 is 0 Å². The van der Waals surface area contributed by atoms with Crippen LogP contribution in [0, 0.1) is 0 Å². The quantitative estimate of drug-likeness (QED) is 0.887. The highest BCUT2D eigenvalue weighted by molar-refractivity contribution is 5.97. The van der Waals surface area contributed by atoms with Crippen molar-refractivity contribution in [1.82, 2.24) is 0 Å². The molecule has 3 N–H and O–H groups in total. The molecule has 0 spiro atoms. The van der Waals surface area contributed by atoms with Crippen LogP contribution in [-0.4, -0.2) is 19.0 Å². The van der Waals surface area contributed by atoms with Crippen molar-refractivity contribution in [2.75, 3.05) is 17.3 Å². The number of hydrogen-bond acceptors (Lipinski definition) is 3. The lowest BCUT2D eigenvalue weighted by Crippen LogP contribution is -2.39. The molecule has 2 aromatic carbocycles. The molecule has 0 fully saturated rings. The SMILES string of the molecule is CC(C(=O)Nc1ccccc1CN)N(C)c1ccccc1. The maximum atomic E-state index is 12.4. The van der Waals surface area contributed by atoms with Gasteiger partial charge >= 0.3 is 0 Å². The average molecular weight is 283 g/mol. The van der Waals surface area contributed by atoms with Gasteiger partial charge in [-0.05, 0) is 30.7 Å². The van der Waals surface area contributed by atoms with Crippen molar-refractivity contribution >= 4 is 17.3 Å². The Balaban J connectivity index is 2.09. The average Bonchev–Trinajstić information content (AvgIpc) is 2.54. The van der Waals surface area contributed by atoms with Crippen LogP contribution in [0.25, 0.3) is 0 Å². The molecule has 4 heteroatoms. The maximum absolute atomic E-state index is 12.4. The molecule has 0 saturated heterocycles. The molecular weight excluding hydrogens is 262 g/mol. The zero-order valence-electron chi connectivity index (χ0n) is 12.4. The summed E-state index contributed by atoms with van der Waals surface area (Å²) in [5, 5.41) is 2.95. The maximum Gasteiger partial charge on any atom is 0.246 e. The number of para-hydroxylation sites is 2. The van der Waals surface area contributed by atoms with Gasteiger partial charge in [-0.15, -0.1) is 0 Å². The molecule has 0 aliphatic rings. The Morgan fingerprint density at radius 3 is 2.43 bits per heavy atom. The minimum absolute atomic E-state index is 0.0535. The molecule has 0 aromatic heterocycles. The summed E-state index contributed by atoms with van der Waals surface area (Å²) in [6.45, 7) is 2.28. The minimum Gasteiger partial charge on any atom is -0.363 e. The van der Waals surface area contributed by atoms with Gasteiger partial charge in [0.2, 0.25) is 5.91 Å². The van der Waals surface area contributed by atoms with Crippen LogP contribution in [0.3, 0.4) is 0 Å². The van der Waals surface area contributed by atoms with Crippen LogP contribution in [0.4, 0.5) is 11.4 Å². The summed E-state index contributed by atoms with van der Waals surface area (Å²) < 4.78 is 0. The van der Waals surface area contributed by atoms with E-state index in [2.05, 4.69) is 5.32 Å². The second kappa shape index (κ2) is 6.90. The van der Waals surface area contributed by atoms with Crippen molar-refractivity contribution in [2.45, 2.75) is 19.5 Å². The zero-order chi connectivity index (χ0) is 15.2. The molecule has 0 bridgehead atoms. The van der Waals surface area contributed by atoms with E-state index in [1.807, 2.05) is 73.5 Å². The highest BCUT2D eigenvalue weighted by Crippen LogP contribution is 2.17. The Bertz CT molecular complexity index is 598. The van der Waals surface area contributed by atoms with Gasteiger partial charge in [0.05, 0.1) is 0 Å². The summed E-state index contributed by atoms with van der Waals surface area (Å²) >= 11 is 0. The van der Waals surface area contributed by atoms with Gasteiger partial charge < -0.3 is 16.0 Å². The van der Waals surface area contributed by atoms with Gasteiger partial charge in [0.1, 0.15) is 6.04 Å². The van der Waals surface area contributed by atoms with Crippen molar-refractivity contribution in [1.29, 1.82) is 0 Å². The Morgan fingerprint density at radius 2 is 1.76 bits per heavy atom. The van der Waals surface area contributed by atoms with Crippen molar-refractivity contribution in [3.05, 3.63) is 60.2 Å². The lowest BCUT2D eigenvalue weighted by atomic mass is 10.1. The first-order valence-electron chi connectivity index (χ1n) is 7.00. The molecule has 110 valence electrons. The molecule has 0 heterocycles. The summed E-state index contributed by atoms with van der Waals surface area (Å²) in [5.41, 5.74) is 8.41. The van der Waals surface area contributed by atoms with Crippen LogP contribution < -0.4 is 16.0 Å². The second-order valence-electron chi connectivity index (χ2n) is 4.97. The molecule has 1 atom stereocenters. The minimum atomic E-state index is -0.279. The van der Waals surface area contributed by atoms with E-state index in [-0.39, 0.29) is 11.9 Å². The highest BCUT2D eigenvalue weighted by atomic mass is 16.2. The van der Waals surface area contributed by atoms with Crippen molar-refractivity contribution in [3.63, 3.8) is 0 Å². The predicted molar refractivity (Wildman–Crippen MR) is 87.3 cm³/mol. The van der Waals surface area contributed by atoms with E-state index in [1.54, 1.807) is 0 Å². The van der Waals surface area contributed by atoms with Gasteiger partial charge in [-0.2, -0.15) is 0 Å². The summed E-state index contributed by atoms with van der Waals surface area (Å²) in [6.07, 6.45) is 0. The highest BCUT2D eigenvalue weighted by Gasteiger charge is 2.19. The normalized spacial score (nSPS) is 11.8. The van der Waals surface area contributed by atoms with E-state index in [9.17, 15) is 4.79 Å². The predicted octanol–water partition coefficient (Wildman–Crippen LogP) is 2.61. The number of hydrogen-bond donors (Lipinski definition) is 2. The summed E-state index contributed by atoms with van der Waals surface area (Å²) in [5.74, 6) is -0.0535. The first-order chi connectivity index (χ1) is 10.1. The fraction of sp³-hybridized carbons (Fsp3) is 0.235. The van der Waals surface area contributed by atoms with Gasteiger partial charge in [-0.3, -0.25) is 4.79 Å². The van der Waals surface area contributed by atoms with Crippen molar-refractivity contribution in [3.8, 4) is 0 Å². The third-order valence-electron chi connectivity index (χ3n) is 3.62. The van der Waals surface area contributed by atoms with E-state index in [4.69, 9.17) is 5.73 Å². The first kappa shape index (κ1) is 15.1. The Labute approximate surface area is 125 Å². The molecule has 2 aromatic rings. The van der Waals surface area contributed by atoms with E-state index in [0.717, 1.165) is 16.9 Å². The number of benzene rings is 2. The molecule has 4 nitrogen and oxygen atoms in total. The van der Waals surface area contributed by atoms with Gasteiger partial charge in [-0.25, -0.2) is 0 Å². The number of nitrogens with zero attached hydrogens (tertiary/aromatic N) is 1. The van der Waals surface area contributed by atoms with Crippen LogP contribution in [0.15, 0.2) is 54.6 Å². The second-order valence-corrected chi connectivity index (χ2v) is 4.97. The number of rotatable bonds is 5. The Hall–Kier alpha value is -2.33. The van der Waals surface area contributed by atoms with Crippen LogP contribution in [0.1, 0.15) is 12.5 Å². The van der Waals surface area contributed by atoms with Crippen LogP contribution in [0.2, 0.25) is 0 Å². The lowest BCUT2D eigenvalue weighted by Gasteiger charge is -2.26. The van der Waals surface area contributed by atoms with Gasteiger partial charge in [-0.1, -0.05) is 36.4 Å². The molecule has 0 aliphatic carbocycles. The van der Waals surface area contributed by atoms with Crippen LogP contribution in [0.5, 0.6) is 0 Å². The molecule has 0 radical (unpaired) electrons. The molecule has 1 unspecified atom stereocenters. The third-order valence-corrected chi connectivity index (χ3v) is 3.62. The van der Waals surface area contributed by atoms with Crippen molar-refractivity contribution in [2.24, 2.45) is 5.73 Å². The molecular formula is C17H21N3O. The molecule has 0 aliphatic heterocycles. The summed E-state index contributed by atoms with van der Waals surface area (Å²) in [6, 6.07) is 17.2. The van der Waals surface area contributed by atoms with Crippen LogP contribution in [-0.2, 0) is 11.3 Å². The topological polar surface area (TPSA) is 58.4 Å². The monoisotopic (exact) mass is 283 g/mol. The Kier molecular flexibility index (Phi) is 4.95. The van der Waals surface area contributed by atoms with Gasteiger partial charge in [0.15, 0.2) is 0 Å². The number of carbonyl (C=O) groups is 1. The van der Waals surface area contributed by atoms with E-state index < -0.39 is 0 Å². The molecule has 21 heavy (non-hydrogen) atoms. The van der Waals surface area contributed by atoms with E-state index in [0.29, 0.717) is 6.54 Å². The van der Waals surface area contributed by atoms with Crippen molar-refractivity contribution < 1.29 is 4.79 Å². The van der Waals surface area contributed by atoms with Gasteiger partial charge in [0.25, 0.3) is 0 Å². The summed E-state index contributed by atoms with van der Waals surface area (Å²) in [7, 11) is 1.91. The first-order valence-corrected chi connectivity index (χ1v) is 7.00. The number of amides is 1. The standard InChI is InChI=1S/C17H21N3O/c1-13(20(2)15-9-4-3-5-10-15)17(21)19-16-11-7-6-8-14(16)12-18/h3-11,13H,12,18H2,1-2H3,(H,19,21). The Morgan fingerprint density at radius 1 is 1.14 bits per heavy atom. The zero-order valence-corrected chi connectivity index (χ0v) is 12.4. The van der Waals surface area contributed by atoms with Crippen LogP contribution >= 0.6 is 0 Å². The van der Waals surface area contributed by atoms with Gasteiger partial charge in [0, 0.05) is 25.0 Å². The smallest absolute Gasteiger partial charge is 0.246 e. The fourth-order valence-electron chi connectivity index (χ4n) is 2.12. The third kappa shape index (κ3) is 3.61. The number of carbonyl (C=O) groups excluding carboxylic acids is 1. The lowest BCUT2D eigenvalue weighted by molar-refractivity contribution is -0.117.